The van der Waals surface area contributed by atoms with Gasteiger partial charge in [-0.15, -0.1) is 0 Å². The summed E-state index contributed by atoms with van der Waals surface area (Å²) in [6.45, 7) is 4.04. The molecule has 0 amide bonds. The molecule has 3 nitrogen and oxygen atoms in total. The largest absolute Gasteiger partial charge is 0.481 e. The van der Waals surface area contributed by atoms with Gasteiger partial charge >= 0.3 is 5.97 Å². The van der Waals surface area contributed by atoms with Gasteiger partial charge in [0.25, 0.3) is 0 Å². The molecule has 20 heavy (non-hydrogen) atoms. The van der Waals surface area contributed by atoms with Crippen molar-refractivity contribution in [2.24, 2.45) is 0 Å². The summed E-state index contributed by atoms with van der Waals surface area (Å²) in [6.07, 6.45) is 16.1. The molecule has 0 aliphatic rings. The molecule has 0 rings (SSSR count). The smallest absolute Gasteiger partial charge is 0.307 e. The van der Waals surface area contributed by atoms with E-state index in [1.807, 2.05) is 6.08 Å². The molecular weight excluding hydrogens is 252 g/mol. The highest BCUT2D eigenvalue weighted by molar-refractivity contribution is 5.68. The van der Waals surface area contributed by atoms with Crippen LogP contribution in [0.15, 0.2) is 12.2 Å². The van der Waals surface area contributed by atoms with Gasteiger partial charge in [-0.1, -0.05) is 57.6 Å². The molecule has 0 bridgehead atoms. The van der Waals surface area contributed by atoms with Crippen LogP contribution in [-0.2, 0) is 9.53 Å². The summed E-state index contributed by atoms with van der Waals surface area (Å²) >= 11 is 0. The maximum atomic E-state index is 10.3. The summed E-state index contributed by atoms with van der Waals surface area (Å²) in [5.74, 6) is -0.756. The van der Waals surface area contributed by atoms with Gasteiger partial charge in [-0.05, 0) is 25.7 Å². The van der Waals surface area contributed by atoms with Crippen molar-refractivity contribution in [2.45, 2.75) is 77.6 Å². The van der Waals surface area contributed by atoms with Gasteiger partial charge in [0.1, 0.15) is 0 Å². The molecule has 0 aromatic carbocycles. The number of carboxylic acid groups (broad SMARTS) is 1. The quantitative estimate of drug-likeness (QED) is 0.342. The van der Waals surface area contributed by atoms with Crippen LogP contribution in [0, 0.1) is 0 Å². The fourth-order valence-corrected chi connectivity index (χ4v) is 2.03. The zero-order valence-electron chi connectivity index (χ0n) is 13.1. The Morgan fingerprint density at radius 2 is 1.50 bits per heavy atom. The Bertz CT molecular complexity index is 236. The molecule has 0 heterocycles. The summed E-state index contributed by atoms with van der Waals surface area (Å²) in [6, 6.07) is 0. The third kappa shape index (κ3) is 17.2. The second kappa shape index (κ2) is 16.2. The van der Waals surface area contributed by atoms with E-state index in [1.54, 1.807) is 6.08 Å². The summed E-state index contributed by atoms with van der Waals surface area (Å²) in [7, 11) is 0. The van der Waals surface area contributed by atoms with Gasteiger partial charge in [0, 0.05) is 13.2 Å². The van der Waals surface area contributed by atoms with Gasteiger partial charge in [0.15, 0.2) is 0 Å². The van der Waals surface area contributed by atoms with Crippen LogP contribution in [-0.4, -0.2) is 24.3 Å². The zero-order valence-corrected chi connectivity index (χ0v) is 13.1. The first kappa shape index (κ1) is 19.2. The Labute approximate surface area is 124 Å². The average Bonchev–Trinajstić information content (AvgIpc) is 2.43. The van der Waals surface area contributed by atoms with E-state index in [0.29, 0.717) is 0 Å². The second-order valence-electron chi connectivity index (χ2n) is 5.30. The lowest BCUT2D eigenvalue weighted by atomic mass is 10.1. The number of allylic oxidation sites excluding steroid dienone is 1. The predicted octanol–water partition coefficient (Wildman–Crippen LogP) is 4.95. The van der Waals surface area contributed by atoms with Crippen LogP contribution in [0.3, 0.4) is 0 Å². The van der Waals surface area contributed by atoms with Crippen LogP contribution < -0.4 is 0 Å². The minimum atomic E-state index is -0.756. The van der Waals surface area contributed by atoms with E-state index >= 15 is 0 Å². The molecule has 0 spiro atoms. The average molecular weight is 284 g/mol. The highest BCUT2D eigenvalue weighted by Gasteiger charge is 1.93. The summed E-state index contributed by atoms with van der Waals surface area (Å²) in [4.78, 5) is 10.3. The molecule has 0 aliphatic carbocycles. The van der Waals surface area contributed by atoms with Crippen LogP contribution in [0.5, 0.6) is 0 Å². The molecule has 1 N–H and O–H groups in total. The Balaban J connectivity index is 3.02. The monoisotopic (exact) mass is 284 g/mol. The molecule has 0 saturated heterocycles. The summed E-state index contributed by atoms with van der Waals surface area (Å²) < 4.78 is 5.61. The first-order valence-corrected chi connectivity index (χ1v) is 8.22. The van der Waals surface area contributed by atoms with Gasteiger partial charge in [-0.3, -0.25) is 4.79 Å². The molecule has 0 fully saturated rings. The summed E-state index contributed by atoms with van der Waals surface area (Å²) in [5, 5.41) is 8.45. The lowest BCUT2D eigenvalue weighted by Crippen LogP contribution is -1.97. The number of carboxylic acids is 1. The van der Waals surface area contributed by atoms with Crippen molar-refractivity contribution in [3.8, 4) is 0 Å². The highest BCUT2D eigenvalue weighted by Crippen LogP contribution is 2.05. The van der Waals surface area contributed by atoms with Crippen molar-refractivity contribution >= 4 is 5.97 Å². The van der Waals surface area contributed by atoms with Crippen molar-refractivity contribution in [1.82, 2.24) is 0 Å². The number of aliphatic carboxylic acids is 1. The van der Waals surface area contributed by atoms with E-state index in [-0.39, 0.29) is 6.42 Å². The summed E-state index contributed by atoms with van der Waals surface area (Å²) in [5.41, 5.74) is 0. The van der Waals surface area contributed by atoms with E-state index in [0.717, 1.165) is 32.5 Å². The van der Waals surface area contributed by atoms with Crippen molar-refractivity contribution in [3.63, 3.8) is 0 Å². The third-order valence-electron chi connectivity index (χ3n) is 3.26. The van der Waals surface area contributed by atoms with Crippen LogP contribution in [0.4, 0.5) is 0 Å². The number of unbranched alkanes of at least 4 members (excludes halogenated alkanes) is 8. The Morgan fingerprint density at radius 3 is 2.10 bits per heavy atom. The van der Waals surface area contributed by atoms with E-state index in [9.17, 15) is 4.79 Å². The van der Waals surface area contributed by atoms with Gasteiger partial charge in [0.05, 0.1) is 6.42 Å². The van der Waals surface area contributed by atoms with Crippen LogP contribution in [0.25, 0.3) is 0 Å². The standard InChI is InChI=1S/C17H32O3/c1-2-3-4-9-12-15-20-16-13-10-7-5-6-8-11-14-17(18)19/h8,11H,2-7,9-10,12-16H2,1H3,(H,18,19). The van der Waals surface area contributed by atoms with Crippen LogP contribution >= 0.6 is 0 Å². The zero-order chi connectivity index (χ0) is 14.9. The molecule has 0 radical (unpaired) electrons. The Kier molecular flexibility index (Phi) is 15.6. The van der Waals surface area contributed by atoms with Crippen molar-refractivity contribution in [2.75, 3.05) is 13.2 Å². The van der Waals surface area contributed by atoms with Gasteiger partial charge in [0.2, 0.25) is 0 Å². The fourth-order valence-electron chi connectivity index (χ4n) is 2.03. The molecule has 118 valence electrons. The molecule has 0 aromatic heterocycles. The lowest BCUT2D eigenvalue weighted by molar-refractivity contribution is -0.136. The minimum Gasteiger partial charge on any atom is -0.481 e. The fraction of sp³-hybridized carbons (Fsp3) is 0.824. The first-order chi connectivity index (χ1) is 9.77. The maximum absolute atomic E-state index is 10.3. The van der Waals surface area contributed by atoms with Gasteiger partial charge < -0.3 is 9.84 Å². The van der Waals surface area contributed by atoms with Gasteiger partial charge in [-0.25, -0.2) is 0 Å². The van der Waals surface area contributed by atoms with Crippen LogP contribution in [0.2, 0.25) is 0 Å². The van der Waals surface area contributed by atoms with Crippen molar-refractivity contribution in [3.05, 3.63) is 12.2 Å². The van der Waals surface area contributed by atoms with E-state index in [2.05, 4.69) is 6.92 Å². The molecular formula is C17H32O3. The highest BCUT2D eigenvalue weighted by atomic mass is 16.5. The molecule has 3 heteroatoms. The number of carbonyl (C=O) groups is 1. The molecule has 0 aliphatic heterocycles. The Morgan fingerprint density at radius 1 is 0.900 bits per heavy atom. The minimum absolute atomic E-state index is 0.145. The van der Waals surface area contributed by atoms with Crippen LogP contribution in [0.1, 0.15) is 77.6 Å². The third-order valence-corrected chi connectivity index (χ3v) is 3.26. The molecule has 0 atom stereocenters. The first-order valence-electron chi connectivity index (χ1n) is 8.22. The normalized spacial score (nSPS) is 11.2. The topological polar surface area (TPSA) is 46.5 Å². The predicted molar refractivity (Wildman–Crippen MR) is 84.1 cm³/mol. The molecule has 0 aromatic rings. The Hall–Kier alpha value is -0.830. The van der Waals surface area contributed by atoms with Gasteiger partial charge in [-0.2, -0.15) is 0 Å². The van der Waals surface area contributed by atoms with E-state index in [1.165, 1.54) is 44.9 Å². The lowest BCUT2D eigenvalue weighted by Gasteiger charge is -2.04. The number of hydrogen-bond donors (Lipinski definition) is 1. The van der Waals surface area contributed by atoms with Crippen molar-refractivity contribution < 1.29 is 14.6 Å². The maximum Gasteiger partial charge on any atom is 0.307 e. The second-order valence-corrected chi connectivity index (χ2v) is 5.30. The number of ether oxygens (including phenoxy) is 1. The van der Waals surface area contributed by atoms with E-state index < -0.39 is 5.97 Å². The number of hydrogen-bond acceptors (Lipinski definition) is 2. The molecule has 0 saturated carbocycles. The molecule has 0 unspecified atom stereocenters. The number of rotatable bonds is 15. The SMILES string of the molecule is CCCCCCCOCCCCCCC=CCC(=O)O. The van der Waals surface area contributed by atoms with Crippen molar-refractivity contribution in [1.29, 1.82) is 0 Å². The van der Waals surface area contributed by atoms with E-state index in [4.69, 9.17) is 9.84 Å².